The van der Waals surface area contributed by atoms with Gasteiger partial charge in [-0.15, -0.1) is 0 Å². The zero-order valence-electron chi connectivity index (χ0n) is 13.7. The number of hydrogen-bond acceptors (Lipinski definition) is 3. The number of benzene rings is 2. The molecule has 24 heavy (non-hydrogen) atoms. The van der Waals surface area contributed by atoms with Gasteiger partial charge in [0, 0.05) is 42.3 Å². The minimum absolute atomic E-state index is 0.0614. The summed E-state index contributed by atoms with van der Waals surface area (Å²) in [6.07, 6.45) is 0. The van der Waals surface area contributed by atoms with Gasteiger partial charge in [0.25, 0.3) is 5.91 Å². The monoisotopic (exact) mass is 344 g/mol. The molecule has 0 radical (unpaired) electrons. The minimum atomic E-state index is 0.0614. The Morgan fingerprint density at radius 1 is 1.08 bits per heavy atom. The SMILES string of the molecule is CN1CCN(C(=O)c2cccc(OCc3ccccc3Cl)c2)CC1. The van der Waals surface area contributed by atoms with Crippen molar-refractivity contribution >= 4 is 17.5 Å². The Bertz CT molecular complexity index is 712. The van der Waals surface area contributed by atoms with E-state index in [2.05, 4.69) is 11.9 Å². The first-order valence-corrected chi connectivity index (χ1v) is 8.45. The Labute approximate surface area is 147 Å². The molecule has 0 unspecified atom stereocenters. The summed E-state index contributed by atoms with van der Waals surface area (Å²) in [5.74, 6) is 0.737. The average Bonchev–Trinajstić information content (AvgIpc) is 2.61. The second-order valence-corrected chi connectivity index (χ2v) is 6.41. The summed E-state index contributed by atoms with van der Waals surface area (Å²) in [5, 5.41) is 0.683. The molecule has 0 spiro atoms. The van der Waals surface area contributed by atoms with Gasteiger partial charge < -0.3 is 14.5 Å². The van der Waals surface area contributed by atoms with Crippen LogP contribution in [0.3, 0.4) is 0 Å². The van der Waals surface area contributed by atoms with Crippen LogP contribution < -0.4 is 4.74 Å². The van der Waals surface area contributed by atoms with Crippen molar-refractivity contribution in [2.75, 3.05) is 33.2 Å². The minimum Gasteiger partial charge on any atom is -0.489 e. The van der Waals surface area contributed by atoms with Gasteiger partial charge >= 0.3 is 0 Å². The van der Waals surface area contributed by atoms with E-state index in [0.29, 0.717) is 22.9 Å². The van der Waals surface area contributed by atoms with E-state index in [4.69, 9.17) is 16.3 Å². The first-order chi connectivity index (χ1) is 11.6. The van der Waals surface area contributed by atoms with Gasteiger partial charge in [0.15, 0.2) is 0 Å². The number of ether oxygens (including phenoxy) is 1. The highest BCUT2D eigenvalue weighted by Gasteiger charge is 2.20. The van der Waals surface area contributed by atoms with E-state index in [1.807, 2.05) is 47.4 Å². The summed E-state index contributed by atoms with van der Waals surface area (Å²) in [5.41, 5.74) is 1.59. The summed E-state index contributed by atoms with van der Waals surface area (Å²) in [6.45, 7) is 3.73. The van der Waals surface area contributed by atoms with Crippen LogP contribution in [0.1, 0.15) is 15.9 Å². The van der Waals surface area contributed by atoms with Crippen LogP contribution >= 0.6 is 11.6 Å². The lowest BCUT2D eigenvalue weighted by molar-refractivity contribution is 0.0663. The number of rotatable bonds is 4. The number of likely N-dealkylation sites (N-methyl/N-ethyl adjacent to an activating group) is 1. The van der Waals surface area contributed by atoms with E-state index in [1.54, 1.807) is 6.07 Å². The van der Waals surface area contributed by atoms with Gasteiger partial charge in [-0.3, -0.25) is 4.79 Å². The van der Waals surface area contributed by atoms with Crippen LogP contribution in [-0.4, -0.2) is 48.9 Å². The second-order valence-electron chi connectivity index (χ2n) is 6.00. The largest absolute Gasteiger partial charge is 0.489 e. The highest BCUT2D eigenvalue weighted by Crippen LogP contribution is 2.20. The van der Waals surface area contributed by atoms with Crippen LogP contribution in [0.5, 0.6) is 5.75 Å². The normalized spacial score (nSPS) is 15.3. The van der Waals surface area contributed by atoms with Crippen LogP contribution in [0, 0.1) is 0 Å². The molecule has 5 heteroatoms. The van der Waals surface area contributed by atoms with Gasteiger partial charge in [-0.1, -0.05) is 35.9 Å². The second kappa shape index (κ2) is 7.69. The number of carbonyl (C=O) groups excluding carboxylic acids is 1. The fourth-order valence-corrected chi connectivity index (χ4v) is 2.88. The number of nitrogens with zero attached hydrogens (tertiary/aromatic N) is 2. The smallest absolute Gasteiger partial charge is 0.254 e. The fourth-order valence-electron chi connectivity index (χ4n) is 2.69. The third-order valence-corrected chi connectivity index (χ3v) is 4.59. The lowest BCUT2D eigenvalue weighted by Gasteiger charge is -2.32. The van der Waals surface area contributed by atoms with Crippen LogP contribution in [0.2, 0.25) is 5.02 Å². The summed E-state index contributed by atoms with van der Waals surface area (Å²) >= 11 is 6.14. The third kappa shape index (κ3) is 4.08. The summed E-state index contributed by atoms with van der Waals surface area (Å²) in [6, 6.07) is 14.9. The molecule has 126 valence electrons. The van der Waals surface area contributed by atoms with Gasteiger partial charge in [0.05, 0.1) is 0 Å². The molecule has 2 aromatic carbocycles. The van der Waals surface area contributed by atoms with Crippen LogP contribution in [0.4, 0.5) is 0 Å². The molecule has 4 nitrogen and oxygen atoms in total. The Kier molecular flexibility index (Phi) is 5.38. The van der Waals surface area contributed by atoms with Gasteiger partial charge in [-0.25, -0.2) is 0 Å². The van der Waals surface area contributed by atoms with Crippen LogP contribution in [0.25, 0.3) is 0 Å². The molecule has 1 amide bonds. The predicted octanol–water partition coefficient (Wildman–Crippen LogP) is 3.31. The maximum Gasteiger partial charge on any atom is 0.254 e. The topological polar surface area (TPSA) is 32.8 Å². The highest BCUT2D eigenvalue weighted by atomic mass is 35.5. The van der Waals surface area contributed by atoms with E-state index < -0.39 is 0 Å². The number of halogens is 1. The van der Waals surface area contributed by atoms with E-state index in [9.17, 15) is 4.79 Å². The highest BCUT2D eigenvalue weighted by molar-refractivity contribution is 6.31. The summed E-state index contributed by atoms with van der Waals surface area (Å²) < 4.78 is 5.80. The predicted molar refractivity (Wildman–Crippen MR) is 95.6 cm³/mol. The quantitative estimate of drug-likeness (QED) is 0.853. The summed E-state index contributed by atoms with van der Waals surface area (Å²) in [7, 11) is 2.07. The van der Waals surface area contributed by atoms with Gasteiger partial charge in [-0.2, -0.15) is 0 Å². The van der Waals surface area contributed by atoms with Crippen LogP contribution in [-0.2, 0) is 6.61 Å². The van der Waals surface area contributed by atoms with Crippen molar-refractivity contribution in [3.05, 3.63) is 64.7 Å². The Balaban J connectivity index is 1.65. The van der Waals surface area contributed by atoms with Crippen LogP contribution in [0.15, 0.2) is 48.5 Å². The Morgan fingerprint density at radius 3 is 2.58 bits per heavy atom. The Hall–Kier alpha value is -2.04. The molecule has 0 aliphatic carbocycles. The Morgan fingerprint density at radius 2 is 1.83 bits per heavy atom. The molecule has 1 saturated heterocycles. The maximum absolute atomic E-state index is 12.6. The van der Waals surface area contributed by atoms with Crippen molar-refractivity contribution in [1.82, 2.24) is 9.80 Å². The molecule has 0 bridgehead atoms. The number of carbonyl (C=O) groups is 1. The molecular weight excluding hydrogens is 324 g/mol. The molecule has 0 saturated carbocycles. The van der Waals surface area contributed by atoms with Crippen molar-refractivity contribution in [1.29, 1.82) is 0 Å². The molecule has 3 rings (SSSR count). The number of hydrogen-bond donors (Lipinski definition) is 0. The number of amides is 1. The standard InChI is InChI=1S/C19H21ClN2O2/c1-21-9-11-22(12-10-21)19(23)15-6-4-7-17(13-15)24-14-16-5-2-3-8-18(16)20/h2-8,13H,9-12,14H2,1H3. The van der Waals surface area contributed by atoms with Gasteiger partial charge in [0.1, 0.15) is 12.4 Å². The fraction of sp³-hybridized carbons (Fsp3) is 0.316. The molecular formula is C19H21ClN2O2. The van der Waals surface area contributed by atoms with E-state index in [0.717, 1.165) is 31.7 Å². The molecule has 1 fully saturated rings. The molecule has 1 heterocycles. The molecule has 0 aromatic heterocycles. The number of piperazine rings is 1. The zero-order chi connectivity index (χ0) is 16.9. The average molecular weight is 345 g/mol. The van der Waals surface area contributed by atoms with Gasteiger partial charge in [0.2, 0.25) is 0 Å². The lowest BCUT2D eigenvalue weighted by atomic mass is 10.1. The summed E-state index contributed by atoms with van der Waals surface area (Å²) in [4.78, 5) is 16.7. The molecule has 0 N–H and O–H groups in total. The van der Waals surface area contributed by atoms with Crippen molar-refractivity contribution in [2.24, 2.45) is 0 Å². The molecule has 2 aromatic rings. The zero-order valence-corrected chi connectivity index (χ0v) is 14.5. The third-order valence-electron chi connectivity index (χ3n) is 4.22. The molecule has 0 atom stereocenters. The first-order valence-electron chi connectivity index (χ1n) is 8.07. The van der Waals surface area contributed by atoms with Crippen molar-refractivity contribution in [3.63, 3.8) is 0 Å². The van der Waals surface area contributed by atoms with Crippen molar-refractivity contribution in [2.45, 2.75) is 6.61 Å². The lowest BCUT2D eigenvalue weighted by Crippen LogP contribution is -2.47. The van der Waals surface area contributed by atoms with Gasteiger partial charge in [-0.05, 0) is 31.3 Å². The van der Waals surface area contributed by atoms with E-state index >= 15 is 0 Å². The maximum atomic E-state index is 12.6. The molecule has 1 aliphatic rings. The van der Waals surface area contributed by atoms with E-state index in [1.165, 1.54) is 0 Å². The van der Waals surface area contributed by atoms with Crippen molar-refractivity contribution < 1.29 is 9.53 Å². The van der Waals surface area contributed by atoms with Crippen molar-refractivity contribution in [3.8, 4) is 5.75 Å². The van der Waals surface area contributed by atoms with E-state index in [-0.39, 0.29) is 5.91 Å². The first kappa shape index (κ1) is 16.8. The molecule has 1 aliphatic heterocycles.